The zero-order chi connectivity index (χ0) is 12.4. The first-order valence-corrected chi connectivity index (χ1v) is 6.47. The molecule has 1 aliphatic rings. The summed E-state index contributed by atoms with van der Waals surface area (Å²) in [6, 6.07) is 0. The molecule has 17 heavy (non-hydrogen) atoms. The minimum absolute atomic E-state index is 0.0256. The van der Waals surface area contributed by atoms with Crippen molar-refractivity contribution in [2.45, 2.75) is 12.8 Å². The molecule has 1 amide bonds. The molecule has 0 aromatic carbocycles. The van der Waals surface area contributed by atoms with Gasteiger partial charge in [-0.3, -0.25) is 4.79 Å². The Morgan fingerprint density at radius 1 is 1.47 bits per heavy atom. The maximum Gasteiger partial charge on any atom is 0.220 e. The third kappa shape index (κ3) is 2.69. The van der Waals surface area contributed by atoms with E-state index in [4.69, 9.17) is 17.3 Å². The van der Waals surface area contributed by atoms with Crippen LogP contribution in [0, 0.1) is 5.92 Å². The average Bonchev–Trinajstić information content (AvgIpc) is 2.33. The normalized spacial score (nSPS) is 17.2. The summed E-state index contributed by atoms with van der Waals surface area (Å²) in [6.45, 7) is 1.50. The van der Waals surface area contributed by atoms with Gasteiger partial charge in [0.25, 0.3) is 0 Å². The molecule has 1 fully saturated rings. The van der Waals surface area contributed by atoms with Gasteiger partial charge in [-0.25, -0.2) is 9.97 Å². The number of hydrogen-bond donors (Lipinski definition) is 1. The van der Waals surface area contributed by atoms with Crippen LogP contribution in [0.5, 0.6) is 0 Å². The molecule has 7 heteroatoms. The highest BCUT2D eigenvalue weighted by atomic mass is 79.9. The van der Waals surface area contributed by atoms with Gasteiger partial charge in [-0.15, -0.1) is 0 Å². The highest BCUT2D eigenvalue weighted by Gasteiger charge is 2.25. The highest BCUT2D eigenvalue weighted by Crippen LogP contribution is 2.31. The van der Waals surface area contributed by atoms with Crippen LogP contribution in [0.4, 0.5) is 5.82 Å². The van der Waals surface area contributed by atoms with Crippen molar-refractivity contribution >= 4 is 39.3 Å². The van der Waals surface area contributed by atoms with Gasteiger partial charge >= 0.3 is 0 Å². The molecular weight excluding hydrogens is 307 g/mol. The summed E-state index contributed by atoms with van der Waals surface area (Å²) in [5, 5.41) is 0.395. The second-order valence-corrected chi connectivity index (χ2v) is 5.12. The molecule has 0 saturated carbocycles. The van der Waals surface area contributed by atoms with Crippen LogP contribution in [0.2, 0.25) is 5.15 Å². The maximum absolute atomic E-state index is 11.1. The van der Waals surface area contributed by atoms with Crippen LogP contribution >= 0.6 is 27.5 Å². The second-order valence-electron chi connectivity index (χ2n) is 3.97. The Hall–Kier alpha value is -0.880. The van der Waals surface area contributed by atoms with Gasteiger partial charge in [0.1, 0.15) is 17.3 Å². The summed E-state index contributed by atoms with van der Waals surface area (Å²) in [6.07, 6.45) is 2.94. The number of primary amides is 1. The molecule has 0 radical (unpaired) electrons. The van der Waals surface area contributed by atoms with Crippen LogP contribution in [0.1, 0.15) is 12.8 Å². The molecule has 2 rings (SSSR count). The van der Waals surface area contributed by atoms with E-state index in [0.29, 0.717) is 9.63 Å². The first kappa shape index (κ1) is 12.6. The lowest BCUT2D eigenvalue weighted by Gasteiger charge is -2.31. The monoisotopic (exact) mass is 318 g/mol. The van der Waals surface area contributed by atoms with E-state index in [1.165, 1.54) is 6.33 Å². The van der Waals surface area contributed by atoms with Crippen molar-refractivity contribution in [3.63, 3.8) is 0 Å². The van der Waals surface area contributed by atoms with E-state index in [9.17, 15) is 4.79 Å². The average molecular weight is 320 g/mol. The molecule has 5 nitrogen and oxygen atoms in total. The van der Waals surface area contributed by atoms with Crippen molar-refractivity contribution in [1.82, 2.24) is 9.97 Å². The predicted octanol–water partition coefficient (Wildman–Crippen LogP) is 1.59. The largest absolute Gasteiger partial charge is 0.369 e. The van der Waals surface area contributed by atoms with Crippen molar-refractivity contribution < 1.29 is 4.79 Å². The van der Waals surface area contributed by atoms with Crippen molar-refractivity contribution in [2.75, 3.05) is 18.0 Å². The van der Waals surface area contributed by atoms with Crippen molar-refractivity contribution in [2.24, 2.45) is 11.7 Å². The summed E-state index contributed by atoms with van der Waals surface area (Å²) in [4.78, 5) is 21.2. The van der Waals surface area contributed by atoms with Crippen molar-refractivity contribution in [3.8, 4) is 0 Å². The molecule has 0 atom stereocenters. The Morgan fingerprint density at radius 3 is 2.71 bits per heavy atom. The van der Waals surface area contributed by atoms with Crippen LogP contribution in [0.25, 0.3) is 0 Å². The van der Waals surface area contributed by atoms with Gasteiger partial charge in [0, 0.05) is 19.0 Å². The maximum atomic E-state index is 11.1. The van der Waals surface area contributed by atoms with E-state index >= 15 is 0 Å². The number of halogens is 2. The van der Waals surface area contributed by atoms with E-state index < -0.39 is 0 Å². The number of amides is 1. The number of carbonyl (C=O) groups is 1. The van der Waals surface area contributed by atoms with E-state index in [1.807, 2.05) is 0 Å². The zero-order valence-corrected chi connectivity index (χ0v) is 11.4. The lowest BCUT2D eigenvalue weighted by molar-refractivity contribution is -0.122. The Balaban J connectivity index is 2.10. The molecular formula is C10H12BrClN4O. The van der Waals surface area contributed by atoms with Gasteiger partial charge in [0.15, 0.2) is 0 Å². The van der Waals surface area contributed by atoms with Gasteiger partial charge in [-0.05, 0) is 28.8 Å². The smallest absolute Gasteiger partial charge is 0.220 e. The summed E-state index contributed by atoms with van der Waals surface area (Å²) in [7, 11) is 0. The van der Waals surface area contributed by atoms with Gasteiger partial charge in [-0.2, -0.15) is 0 Å². The molecule has 1 aromatic rings. The Bertz CT molecular complexity index is 434. The molecule has 2 N–H and O–H groups in total. The topological polar surface area (TPSA) is 72.1 Å². The quantitative estimate of drug-likeness (QED) is 0.840. The molecule has 2 heterocycles. The van der Waals surface area contributed by atoms with Crippen LogP contribution < -0.4 is 10.6 Å². The van der Waals surface area contributed by atoms with E-state index in [0.717, 1.165) is 31.7 Å². The highest BCUT2D eigenvalue weighted by molar-refractivity contribution is 9.10. The molecule has 0 spiro atoms. The lowest BCUT2D eigenvalue weighted by atomic mass is 9.96. The number of anilines is 1. The zero-order valence-electron chi connectivity index (χ0n) is 9.07. The summed E-state index contributed by atoms with van der Waals surface area (Å²) >= 11 is 9.28. The summed E-state index contributed by atoms with van der Waals surface area (Å²) in [5.41, 5.74) is 5.29. The predicted molar refractivity (Wildman–Crippen MR) is 68.9 cm³/mol. The van der Waals surface area contributed by atoms with Gasteiger partial charge in [0.05, 0.1) is 4.47 Å². The number of piperidine rings is 1. The summed E-state index contributed by atoms with van der Waals surface area (Å²) in [5.74, 6) is 0.527. The fraction of sp³-hybridized carbons (Fsp3) is 0.500. The fourth-order valence-electron chi connectivity index (χ4n) is 1.94. The minimum Gasteiger partial charge on any atom is -0.369 e. The van der Waals surface area contributed by atoms with Crippen molar-refractivity contribution in [3.05, 3.63) is 16.0 Å². The molecule has 1 aliphatic heterocycles. The lowest BCUT2D eigenvalue weighted by Crippen LogP contribution is -2.39. The molecule has 1 aromatic heterocycles. The van der Waals surface area contributed by atoms with E-state index in [1.54, 1.807) is 0 Å². The Labute approximate surface area is 112 Å². The summed E-state index contributed by atoms with van der Waals surface area (Å²) < 4.78 is 0.694. The second kappa shape index (κ2) is 5.18. The van der Waals surface area contributed by atoms with Crippen LogP contribution in [-0.4, -0.2) is 29.0 Å². The molecule has 1 saturated heterocycles. The Kier molecular flexibility index (Phi) is 3.83. The minimum atomic E-state index is -0.218. The number of carbonyl (C=O) groups excluding carboxylic acids is 1. The van der Waals surface area contributed by atoms with Gasteiger partial charge < -0.3 is 10.6 Å². The van der Waals surface area contributed by atoms with Crippen molar-refractivity contribution in [1.29, 1.82) is 0 Å². The first-order chi connectivity index (χ1) is 8.09. The number of nitrogens with two attached hydrogens (primary N) is 1. The van der Waals surface area contributed by atoms with E-state index in [2.05, 4.69) is 30.8 Å². The standard InChI is InChI=1S/C10H12BrClN4O/c11-7-8(12)14-5-15-10(7)16-3-1-6(2-4-16)9(13)17/h5-6H,1-4H2,(H2,13,17). The van der Waals surface area contributed by atoms with Gasteiger partial charge in [0.2, 0.25) is 5.91 Å². The van der Waals surface area contributed by atoms with E-state index in [-0.39, 0.29) is 11.8 Å². The third-order valence-electron chi connectivity index (χ3n) is 2.93. The fourth-order valence-corrected chi connectivity index (χ4v) is 2.52. The SMILES string of the molecule is NC(=O)C1CCN(c2ncnc(Cl)c2Br)CC1. The molecule has 0 bridgehead atoms. The Morgan fingerprint density at radius 2 is 2.12 bits per heavy atom. The molecule has 92 valence electrons. The molecule has 0 aliphatic carbocycles. The van der Waals surface area contributed by atoms with Crippen LogP contribution in [0.15, 0.2) is 10.8 Å². The molecule has 0 unspecified atom stereocenters. The third-order valence-corrected chi connectivity index (χ3v) is 4.17. The number of aromatic nitrogens is 2. The number of nitrogens with zero attached hydrogens (tertiary/aromatic N) is 3. The number of hydrogen-bond acceptors (Lipinski definition) is 4. The van der Waals surface area contributed by atoms with Crippen LogP contribution in [0.3, 0.4) is 0 Å². The number of rotatable bonds is 2. The van der Waals surface area contributed by atoms with Gasteiger partial charge in [-0.1, -0.05) is 11.6 Å². The van der Waals surface area contributed by atoms with Crippen LogP contribution in [-0.2, 0) is 4.79 Å². The first-order valence-electron chi connectivity index (χ1n) is 5.30.